The van der Waals surface area contributed by atoms with Crippen molar-refractivity contribution in [3.8, 4) is 5.75 Å². The second-order valence-corrected chi connectivity index (χ2v) is 5.92. The van der Waals surface area contributed by atoms with E-state index in [1.165, 1.54) is 0 Å². The molecule has 21 heavy (non-hydrogen) atoms. The number of hydrogen-bond donors (Lipinski definition) is 1. The number of rotatable bonds is 2. The summed E-state index contributed by atoms with van der Waals surface area (Å²) in [5, 5.41) is 0.679. The maximum absolute atomic E-state index is 12.6. The molecule has 6 heteroatoms. The van der Waals surface area contributed by atoms with Crippen LogP contribution in [0, 0.1) is 0 Å². The van der Waals surface area contributed by atoms with Crippen molar-refractivity contribution in [1.29, 1.82) is 0 Å². The number of piperidine rings is 1. The fourth-order valence-corrected chi connectivity index (χ4v) is 3.27. The maximum atomic E-state index is 12.6. The molecule has 1 fully saturated rings. The van der Waals surface area contributed by atoms with Gasteiger partial charge >= 0.3 is 0 Å². The summed E-state index contributed by atoms with van der Waals surface area (Å²) in [6.07, 6.45) is 3.37. The minimum absolute atomic E-state index is 0. The molecule has 4 nitrogen and oxygen atoms in total. The van der Waals surface area contributed by atoms with E-state index in [1.807, 2.05) is 17.0 Å². The third-order valence-electron chi connectivity index (χ3n) is 4.15. The summed E-state index contributed by atoms with van der Waals surface area (Å²) in [6.45, 7) is 1.31. The fraction of sp³-hybridized carbons (Fsp3) is 0.533. The number of carbonyl (C=O) groups excluding carboxylic acids is 1. The van der Waals surface area contributed by atoms with Gasteiger partial charge in [-0.1, -0.05) is 11.6 Å². The van der Waals surface area contributed by atoms with Crippen LogP contribution in [0.5, 0.6) is 5.75 Å². The summed E-state index contributed by atoms with van der Waals surface area (Å²) < 4.78 is 5.78. The SMILES string of the molecule is Cl.NCC1CCCCN1C(=O)C1Cc2cc(Cl)ccc2O1. The molecular formula is C15H20Cl2N2O2. The smallest absolute Gasteiger partial charge is 0.264 e. The van der Waals surface area contributed by atoms with Crippen LogP contribution in [-0.4, -0.2) is 36.0 Å². The summed E-state index contributed by atoms with van der Waals surface area (Å²) in [6, 6.07) is 5.66. The van der Waals surface area contributed by atoms with Gasteiger partial charge in [-0.3, -0.25) is 4.79 Å². The Morgan fingerprint density at radius 2 is 2.24 bits per heavy atom. The second kappa shape index (κ2) is 6.86. The highest BCUT2D eigenvalue weighted by Gasteiger charge is 2.35. The Balaban J connectivity index is 0.00000161. The van der Waals surface area contributed by atoms with Crippen molar-refractivity contribution >= 4 is 29.9 Å². The van der Waals surface area contributed by atoms with Crippen LogP contribution < -0.4 is 10.5 Å². The number of benzene rings is 1. The van der Waals surface area contributed by atoms with E-state index in [4.69, 9.17) is 22.1 Å². The Morgan fingerprint density at radius 1 is 1.43 bits per heavy atom. The van der Waals surface area contributed by atoms with E-state index in [0.717, 1.165) is 37.1 Å². The number of carbonyl (C=O) groups is 1. The number of ether oxygens (including phenoxy) is 1. The summed E-state index contributed by atoms with van der Waals surface area (Å²) in [7, 11) is 0. The van der Waals surface area contributed by atoms with E-state index in [2.05, 4.69) is 0 Å². The predicted molar refractivity (Wildman–Crippen MR) is 85.2 cm³/mol. The van der Waals surface area contributed by atoms with Gasteiger partial charge in [0.15, 0.2) is 6.10 Å². The van der Waals surface area contributed by atoms with Crippen molar-refractivity contribution in [3.63, 3.8) is 0 Å². The quantitative estimate of drug-likeness (QED) is 0.905. The summed E-state index contributed by atoms with van der Waals surface area (Å²) in [5.41, 5.74) is 6.79. The molecule has 116 valence electrons. The number of likely N-dealkylation sites (tertiary alicyclic amines) is 1. The lowest BCUT2D eigenvalue weighted by atomic mass is 10.0. The molecule has 0 aromatic heterocycles. The molecule has 0 spiro atoms. The molecule has 1 amide bonds. The average Bonchev–Trinajstić information content (AvgIpc) is 2.89. The van der Waals surface area contributed by atoms with E-state index < -0.39 is 6.10 Å². The molecule has 2 aliphatic rings. The van der Waals surface area contributed by atoms with Crippen LogP contribution >= 0.6 is 24.0 Å². The Hall–Kier alpha value is -0.970. The normalized spacial score (nSPS) is 24.0. The van der Waals surface area contributed by atoms with E-state index in [1.54, 1.807) is 6.07 Å². The minimum atomic E-state index is -0.421. The highest BCUT2D eigenvalue weighted by molar-refractivity contribution is 6.30. The molecule has 0 radical (unpaired) electrons. The second-order valence-electron chi connectivity index (χ2n) is 5.48. The lowest BCUT2D eigenvalue weighted by molar-refractivity contribution is -0.141. The summed E-state index contributed by atoms with van der Waals surface area (Å²) >= 11 is 5.98. The first-order valence-corrected chi connectivity index (χ1v) is 7.52. The maximum Gasteiger partial charge on any atom is 0.264 e. The van der Waals surface area contributed by atoms with Crippen molar-refractivity contribution in [2.45, 2.75) is 37.8 Å². The van der Waals surface area contributed by atoms with Crippen LogP contribution in [0.1, 0.15) is 24.8 Å². The standard InChI is InChI=1S/C15H19ClN2O2.ClH/c16-11-4-5-13-10(7-11)8-14(20-13)15(19)18-6-2-1-3-12(18)9-17;/h4-5,7,12,14H,1-3,6,8-9,17H2;1H. The zero-order chi connectivity index (χ0) is 14.1. The number of fused-ring (bicyclic) bond motifs is 1. The first-order valence-electron chi connectivity index (χ1n) is 7.14. The van der Waals surface area contributed by atoms with Crippen molar-refractivity contribution in [3.05, 3.63) is 28.8 Å². The van der Waals surface area contributed by atoms with E-state index in [9.17, 15) is 4.79 Å². The molecule has 1 saturated heterocycles. The Kier molecular flexibility index (Phi) is 5.36. The van der Waals surface area contributed by atoms with E-state index in [-0.39, 0.29) is 24.4 Å². The van der Waals surface area contributed by atoms with Gasteiger partial charge in [0.1, 0.15) is 5.75 Å². The van der Waals surface area contributed by atoms with Crippen molar-refractivity contribution in [2.24, 2.45) is 5.73 Å². The molecule has 0 saturated carbocycles. The number of halogens is 2. The van der Waals surface area contributed by atoms with Crippen molar-refractivity contribution < 1.29 is 9.53 Å². The van der Waals surface area contributed by atoms with Gasteiger partial charge in [-0.05, 0) is 43.0 Å². The summed E-state index contributed by atoms with van der Waals surface area (Å²) in [5.74, 6) is 0.835. The van der Waals surface area contributed by atoms with Crippen molar-refractivity contribution in [1.82, 2.24) is 4.90 Å². The lowest BCUT2D eigenvalue weighted by Crippen LogP contribution is -2.52. The third kappa shape index (κ3) is 3.28. The van der Waals surface area contributed by atoms with Crippen LogP contribution in [0.4, 0.5) is 0 Å². The molecule has 2 N–H and O–H groups in total. The van der Waals surface area contributed by atoms with Crippen LogP contribution in [0.15, 0.2) is 18.2 Å². The average molecular weight is 331 g/mol. The highest BCUT2D eigenvalue weighted by atomic mass is 35.5. The molecule has 1 aromatic carbocycles. The number of nitrogens with zero attached hydrogens (tertiary/aromatic N) is 1. The molecule has 2 atom stereocenters. The Bertz CT molecular complexity index is 524. The Morgan fingerprint density at radius 3 is 3.00 bits per heavy atom. The predicted octanol–water partition coefficient (Wildman–Crippen LogP) is 2.41. The van der Waals surface area contributed by atoms with Gasteiger partial charge in [0.05, 0.1) is 0 Å². The van der Waals surface area contributed by atoms with Gasteiger partial charge in [-0.2, -0.15) is 0 Å². The van der Waals surface area contributed by atoms with Gasteiger partial charge in [-0.15, -0.1) is 12.4 Å². The highest BCUT2D eigenvalue weighted by Crippen LogP contribution is 2.32. The third-order valence-corrected chi connectivity index (χ3v) is 4.39. The van der Waals surface area contributed by atoms with Crippen LogP contribution in [0.25, 0.3) is 0 Å². The van der Waals surface area contributed by atoms with Gasteiger partial charge in [0.25, 0.3) is 5.91 Å². The first-order chi connectivity index (χ1) is 9.69. The number of amides is 1. The summed E-state index contributed by atoms with van der Waals surface area (Å²) in [4.78, 5) is 14.5. The van der Waals surface area contributed by atoms with E-state index >= 15 is 0 Å². The molecule has 2 aliphatic heterocycles. The van der Waals surface area contributed by atoms with Gasteiger partial charge < -0.3 is 15.4 Å². The fourth-order valence-electron chi connectivity index (χ4n) is 3.08. The molecule has 1 aromatic rings. The molecule has 0 bridgehead atoms. The topological polar surface area (TPSA) is 55.6 Å². The lowest BCUT2D eigenvalue weighted by Gasteiger charge is -2.36. The Labute approximate surface area is 136 Å². The molecule has 2 unspecified atom stereocenters. The largest absolute Gasteiger partial charge is 0.480 e. The number of nitrogens with two attached hydrogens (primary N) is 1. The van der Waals surface area contributed by atoms with Crippen molar-refractivity contribution in [2.75, 3.05) is 13.1 Å². The number of hydrogen-bond acceptors (Lipinski definition) is 3. The van der Waals surface area contributed by atoms with Crippen LogP contribution in [-0.2, 0) is 11.2 Å². The van der Waals surface area contributed by atoms with Crippen LogP contribution in [0.3, 0.4) is 0 Å². The van der Waals surface area contributed by atoms with Gasteiger partial charge in [0, 0.05) is 30.6 Å². The molecule has 0 aliphatic carbocycles. The van der Waals surface area contributed by atoms with Gasteiger partial charge in [0.2, 0.25) is 0 Å². The molecular weight excluding hydrogens is 311 g/mol. The molecule has 2 heterocycles. The zero-order valence-corrected chi connectivity index (χ0v) is 13.3. The minimum Gasteiger partial charge on any atom is -0.480 e. The van der Waals surface area contributed by atoms with Crippen LogP contribution in [0.2, 0.25) is 5.02 Å². The monoisotopic (exact) mass is 330 g/mol. The molecule has 3 rings (SSSR count). The first kappa shape index (κ1) is 16.4. The van der Waals surface area contributed by atoms with Gasteiger partial charge in [-0.25, -0.2) is 0 Å². The van der Waals surface area contributed by atoms with E-state index in [0.29, 0.717) is 18.0 Å². The zero-order valence-electron chi connectivity index (χ0n) is 11.8.